The zero-order valence-electron chi connectivity index (χ0n) is 16.6. The number of aromatic nitrogens is 3. The van der Waals surface area contributed by atoms with Crippen LogP contribution >= 0.6 is 0 Å². The Morgan fingerprint density at radius 3 is 2.30 bits per heavy atom. The maximum atomic E-state index is 13.2. The van der Waals surface area contributed by atoms with Crippen molar-refractivity contribution in [1.29, 1.82) is 0 Å². The average molecular weight is 407 g/mol. The molecule has 1 saturated heterocycles. The van der Waals surface area contributed by atoms with Gasteiger partial charge in [0.05, 0.1) is 12.1 Å². The highest BCUT2D eigenvalue weighted by Gasteiger charge is 2.26. The Labute approximate surface area is 173 Å². The fourth-order valence-electron chi connectivity index (χ4n) is 3.56. The van der Waals surface area contributed by atoms with Crippen molar-refractivity contribution >= 4 is 11.7 Å². The molecule has 4 rings (SSSR count). The summed E-state index contributed by atoms with van der Waals surface area (Å²) in [5.74, 6) is 0.643. The lowest BCUT2D eigenvalue weighted by atomic mass is 9.97. The van der Waals surface area contributed by atoms with Crippen molar-refractivity contribution in [2.24, 2.45) is 0 Å². The van der Waals surface area contributed by atoms with Crippen LogP contribution < -0.4 is 0 Å². The van der Waals surface area contributed by atoms with E-state index in [1.54, 1.807) is 29.2 Å². The number of aromatic amines is 1. The van der Waals surface area contributed by atoms with Crippen LogP contribution in [-0.2, 0) is 6.54 Å². The second-order valence-corrected chi connectivity index (χ2v) is 7.29. The first-order valence-electron chi connectivity index (χ1n) is 9.80. The molecule has 8 heteroatoms. The van der Waals surface area contributed by atoms with Gasteiger partial charge in [-0.3, -0.25) is 19.6 Å². The number of halogens is 1. The zero-order chi connectivity index (χ0) is 21.1. The summed E-state index contributed by atoms with van der Waals surface area (Å²) in [7, 11) is 0. The summed E-state index contributed by atoms with van der Waals surface area (Å²) in [5.41, 5.74) is 1.04. The lowest BCUT2D eigenvalue weighted by Gasteiger charge is -2.34. The Balaban J connectivity index is 1.45. The van der Waals surface area contributed by atoms with E-state index >= 15 is 0 Å². The Morgan fingerprint density at radius 2 is 1.67 bits per heavy atom. The van der Waals surface area contributed by atoms with Gasteiger partial charge in [0.15, 0.2) is 11.6 Å². The molecule has 30 heavy (non-hydrogen) atoms. The van der Waals surface area contributed by atoms with Gasteiger partial charge in [0.1, 0.15) is 11.6 Å². The molecule has 1 aliphatic heterocycles. The SMILES string of the molecule is Cc1nc(CN2CCN(C(=O)c3ccccc3C(=O)c3ccc(F)cc3)CC2)n[nH]1. The number of nitrogens with zero attached hydrogens (tertiary/aromatic N) is 4. The lowest BCUT2D eigenvalue weighted by Crippen LogP contribution is -2.48. The largest absolute Gasteiger partial charge is 0.336 e. The van der Waals surface area contributed by atoms with Crippen LogP contribution in [0.3, 0.4) is 0 Å². The first-order valence-corrected chi connectivity index (χ1v) is 9.80. The number of benzene rings is 2. The van der Waals surface area contributed by atoms with Gasteiger partial charge >= 0.3 is 0 Å². The number of aryl methyl sites for hydroxylation is 1. The fourth-order valence-corrected chi connectivity index (χ4v) is 3.56. The minimum Gasteiger partial charge on any atom is -0.336 e. The highest BCUT2D eigenvalue weighted by molar-refractivity contribution is 6.15. The highest BCUT2D eigenvalue weighted by Crippen LogP contribution is 2.18. The van der Waals surface area contributed by atoms with Crippen LogP contribution in [0.5, 0.6) is 0 Å². The molecule has 1 aromatic heterocycles. The molecule has 0 atom stereocenters. The topological polar surface area (TPSA) is 82.2 Å². The monoisotopic (exact) mass is 407 g/mol. The molecule has 7 nitrogen and oxygen atoms in total. The van der Waals surface area contributed by atoms with E-state index in [1.165, 1.54) is 24.3 Å². The molecule has 2 aromatic carbocycles. The van der Waals surface area contributed by atoms with Gasteiger partial charge in [-0.15, -0.1) is 0 Å². The molecule has 1 fully saturated rings. The third-order valence-corrected chi connectivity index (χ3v) is 5.18. The number of rotatable bonds is 5. The zero-order valence-corrected chi connectivity index (χ0v) is 16.6. The van der Waals surface area contributed by atoms with Crippen LogP contribution in [0.4, 0.5) is 4.39 Å². The van der Waals surface area contributed by atoms with Crippen molar-refractivity contribution < 1.29 is 14.0 Å². The molecule has 0 aliphatic carbocycles. The summed E-state index contributed by atoms with van der Waals surface area (Å²) < 4.78 is 13.2. The van der Waals surface area contributed by atoms with E-state index in [0.717, 1.165) is 11.6 Å². The third-order valence-electron chi connectivity index (χ3n) is 5.18. The summed E-state index contributed by atoms with van der Waals surface area (Å²) >= 11 is 0. The molecular weight excluding hydrogens is 385 g/mol. The van der Waals surface area contributed by atoms with Crippen LogP contribution in [0, 0.1) is 12.7 Å². The molecule has 0 spiro atoms. The molecule has 0 radical (unpaired) electrons. The van der Waals surface area contributed by atoms with Gasteiger partial charge in [-0.2, -0.15) is 5.10 Å². The molecule has 1 N–H and O–H groups in total. The molecule has 2 heterocycles. The van der Waals surface area contributed by atoms with Crippen LogP contribution in [-0.4, -0.2) is 62.9 Å². The van der Waals surface area contributed by atoms with Crippen molar-refractivity contribution in [3.05, 3.63) is 82.7 Å². The van der Waals surface area contributed by atoms with E-state index in [9.17, 15) is 14.0 Å². The quantitative estimate of drug-likeness (QED) is 0.657. The first-order chi connectivity index (χ1) is 14.5. The van der Waals surface area contributed by atoms with Crippen LogP contribution in [0.1, 0.15) is 37.9 Å². The Morgan fingerprint density at radius 1 is 1.00 bits per heavy atom. The standard InChI is InChI=1S/C22H22FN5O2/c1-15-24-20(26-25-15)14-27-10-12-28(13-11-27)22(30)19-5-3-2-4-18(19)21(29)16-6-8-17(23)9-7-16/h2-9H,10-14H2,1H3,(H,24,25,26). The summed E-state index contributed by atoms with van der Waals surface area (Å²) in [6.07, 6.45) is 0. The van der Waals surface area contributed by atoms with E-state index in [2.05, 4.69) is 20.1 Å². The van der Waals surface area contributed by atoms with Crippen LogP contribution in [0.2, 0.25) is 0 Å². The number of carbonyl (C=O) groups is 2. The summed E-state index contributed by atoms with van der Waals surface area (Å²) in [6.45, 7) is 5.01. The molecule has 0 unspecified atom stereocenters. The predicted molar refractivity (Wildman–Crippen MR) is 109 cm³/mol. The van der Waals surface area contributed by atoms with E-state index in [1.807, 2.05) is 6.92 Å². The Kier molecular flexibility index (Phi) is 5.67. The molecule has 3 aromatic rings. The summed E-state index contributed by atoms with van der Waals surface area (Å²) in [5, 5.41) is 6.99. The number of ketones is 1. The first kappa shape index (κ1) is 19.9. The second-order valence-electron chi connectivity index (χ2n) is 7.29. The van der Waals surface area contributed by atoms with E-state index < -0.39 is 5.82 Å². The van der Waals surface area contributed by atoms with E-state index in [-0.39, 0.29) is 11.7 Å². The number of piperazine rings is 1. The molecule has 154 valence electrons. The van der Waals surface area contributed by atoms with Gasteiger partial charge in [-0.1, -0.05) is 18.2 Å². The number of hydrogen-bond acceptors (Lipinski definition) is 5. The van der Waals surface area contributed by atoms with Crippen LogP contribution in [0.15, 0.2) is 48.5 Å². The third kappa shape index (κ3) is 4.28. The Bertz CT molecular complexity index is 1060. The summed E-state index contributed by atoms with van der Waals surface area (Å²) in [4.78, 5) is 34.3. The van der Waals surface area contributed by atoms with E-state index in [0.29, 0.717) is 49.4 Å². The van der Waals surface area contributed by atoms with Crippen molar-refractivity contribution in [3.63, 3.8) is 0 Å². The number of carbonyl (C=O) groups excluding carboxylic acids is 2. The van der Waals surface area contributed by atoms with Gasteiger partial charge in [-0.25, -0.2) is 9.37 Å². The maximum Gasteiger partial charge on any atom is 0.254 e. The maximum absolute atomic E-state index is 13.2. The smallest absolute Gasteiger partial charge is 0.254 e. The summed E-state index contributed by atoms with van der Waals surface area (Å²) in [6, 6.07) is 12.1. The molecule has 1 aliphatic rings. The van der Waals surface area contributed by atoms with Gasteiger partial charge < -0.3 is 4.90 Å². The van der Waals surface area contributed by atoms with Crippen molar-refractivity contribution in [2.75, 3.05) is 26.2 Å². The molecule has 0 saturated carbocycles. The average Bonchev–Trinajstić information content (AvgIpc) is 3.18. The van der Waals surface area contributed by atoms with Crippen molar-refractivity contribution in [2.45, 2.75) is 13.5 Å². The lowest BCUT2D eigenvalue weighted by molar-refractivity contribution is 0.0622. The van der Waals surface area contributed by atoms with Crippen molar-refractivity contribution in [3.8, 4) is 0 Å². The second kappa shape index (κ2) is 8.54. The van der Waals surface area contributed by atoms with Crippen LogP contribution in [0.25, 0.3) is 0 Å². The molecule has 1 amide bonds. The highest BCUT2D eigenvalue weighted by atomic mass is 19.1. The number of hydrogen-bond donors (Lipinski definition) is 1. The molecular formula is C22H22FN5O2. The predicted octanol–water partition coefficient (Wildman–Crippen LogP) is 2.44. The van der Waals surface area contributed by atoms with Crippen molar-refractivity contribution in [1.82, 2.24) is 25.0 Å². The number of amides is 1. The fraction of sp³-hybridized carbons (Fsp3) is 0.273. The van der Waals surface area contributed by atoms with Gasteiger partial charge in [0.25, 0.3) is 5.91 Å². The Hall–Kier alpha value is -3.39. The normalized spacial score (nSPS) is 14.7. The minimum atomic E-state index is -0.408. The van der Waals surface area contributed by atoms with E-state index in [4.69, 9.17) is 0 Å². The van der Waals surface area contributed by atoms with Gasteiger partial charge in [-0.05, 0) is 37.3 Å². The van der Waals surface area contributed by atoms with Gasteiger partial charge in [0, 0.05) is 37.3 Å². The van der Waals surface area contributed by atoms with Gasteiger partial charge in [0.2, 0.25) is 0 Å². The minimum absolute atomic E-state index is 0.172. The number of nitrogens with one attached hydrogen (secondary N) is 1. The molecule has 0 bridgehead atoms. The number of H-pyrrole nitrogens is 1.